The van der Waals surface area contributed by atoms with Gasteiger partial charge in [0, 0.05) is 0 Å². The minimum Gasteiger partial charge on any atom is -0.385 e. The van der Waals surface area contributed by atoms with Crippen LogP contribution < -0.4 is 5.73 Å². The Bertz CT molecular complexity index is 135. The molecule has 0 aliphatic rings. The van der Waals surface area contributed by atoms with Gasteiger partial charge in [0.25, 0.3) is 0 Å². The van der Waals surface area contributed by atoms with Crippen molar-refractivity contribution in [3.05, 3.63) is 0 Å². The third-order valence-electron chi connectivity index (χ3n) is 2.13. The Kier molecular flexibility index (Phi) is 7.04. The van der Waals surface area contributed by atoms with Crippen molar-refractivity contribution >= 4 is 0 Å². The molecule has 86 valence electrons. The van der Waals surface area contributed by atoms with Gasteiger partial charge in [0.05, 0.1) is 0 Å². The number of aliphatic hydroxyl groups excluding tert-OH is 1. The maximum absolute atomic E-state index is 9.02. The second-order valence-corrected chi connectivity index (χ2v) is 3.55. The normalized spacial score (nSPS) is 14.4. The highest BCUT2D eigenvalue weighted by atomic mass is 16.7. The van der Waals surface area contributed by atoms with Gasteiger partial charge in [0.2, 0.25) is 0 Å². The predicted molar refractivity (Wildman–Crippen MR) is 52.2 cm³/mol. The molecule has 0 heterocycles. The molecule has 14 heavy (non-hydrogen) atoms. The van der Waals surface area contributed by atoms with E-state index in [0.29, 0.717) is 13.0 Å². The molecular formula is C9H21NO4. The average Bonchev–Trinajstić information content (AvgIpc) is 2.09. The number of nitrogens with two attached hydrogens (primary N) is 1. The first-order valence-electron chi connectivity index (χ1n) is 5.03. The first-order chi connectivity index (χ1) is 6.48. The third kappa shape index (κ3) is 7.23. The smallest absolute Gasteiger partial charge is 0.302 e. The molecule has 0 aromatic carbocycles. The van der Waals surface area contributed by atoms with Crippen LogP contribution in [-0.4, -0.2) is 39.0 Å². The van der Waals surface area contributed by atoms with Crippen LogP contribution in [0, 0.1) is 0 Å². The first-order valence-corrected chi connectivity index (χ1v) is 5.03. The number of hydrogen-bond donors (Lipinski definition) is 5. The average molecular weight is 207 g/mol. The molecule has 0 spiro atoms. The highest BCUT2D eigenvalue weighted by Crippen LogP contribution is 2.12. The zero-order chi connectivity index (χ0) is 11.0. The fourth-order valence-electron chi connectivity index (χ4n) is 1.21. The molecule has 1 unspecified atom stereocenters. The van der Waals surface area contributed by atoms with Gasteiger partial charge < -0.3 is 26.2 Å². The van der Waals surface area contributed by atoms with E-state index in [1.807, 2.05) is 0 Å². The number of hydrogen-bond acceptors (Lipinski definition) is 5. The summed E-state index contributed by atoms with van der Waals surface area (Å²) in [6.45, 7) is 0.690. The quantitative estimate of drug-likeness (QED) is 0.267. The van der Waals surface area contributed by atoms with Crippen molar-refractivity contribution in [1.82, 2.24) is 0 Å². The highest BCUT2D eigenvalue weighted by Gasteiger charge is 2.29. The van der Waals surface area contributed by atoms with Crippen LogP contribution in [0.2, 0.25) is 0 Å². The Morgan fingerprint density at radius 1 is 0.929 bits per heavy atom. The van der Waals surface area contributed by atoms with Gasteiger partial charge in [-0.1, -0.05) is 25.7 Å². The zero-order valence-electron chi connectivity index (χ0n) is 8.39. The van der Waals surface area contributed by atoms with E-state index in [2.05, 4.69) is 0 Å². The number of unbranched alkanes of at least 4 members (excludes halogenated alkanes) is 4. The van der Waals surface area contributed by atoms with E-state index in [0.717, 1.165) is 25.7 Å². The van der Waals surface area contributed by atoms with Crippen LogP contribution in [0.1, 0.15) is 38.5 Å². The van der Waals surface area contributed by atoms with Crippen LogP contribution in [0.25, 0.3) is 0 Å². The van der Waals surface area contributed by atoms with Gasteiger partial charge >= 0.3 is 5.97 Å². The van der Waals surface area contributed by atoms with Gasteiger partial charge in [-0.3, -0.25) is 0 Å². The summed E-state index contributed by atoms with van der Waals surface area (Å²) in [7, 11) is 0. The maximum Gasteiger partial charge on any atom is 0.302 e. The monoisotopic (exact) mass is 207 g/mol. The predicted octanol–water partition coefficient (Wildman–Crippen LogP) is -0.723. The van der Waals surface area contributed by atoms with Gasteiger partial charge in [-0.2, -0.15) is 0 Å². The molecule has 0 aliphatic carbocycles. The second kappa shape index (κ2) is 7.14. The van der Waals surface area contributed by atoms with E-state index < -0.39 is 12.1 Å². The summed E-state index contributed by atoms with van der Waals surface area (Å²) in [5.74, 6) is -2.96. The molecule has 5 nitrogen and oxygen atoms in total. The zero-order valence-corrected chi connectivity index (χ0v) is 8.39. The number of rotatable bonds is 8. The fraction of sp³-hybridized carbons (Fsp3) is 1.00. The Morgan fingerprint density at radius 3 is 1.93 bits per heavy atom. The van der Waals surface area contributed by atoms with E-state index >= 15 is 0 Å². The van der Waals surface area contributed by atoms with Gasteiger partial charge in [0.15, 0.2) is 0 Å². The summed E-state index contributed by atoms with van der Waals surface area (Å²) in [6.07, 6.45) is 3.31. The Morgan fingerprint density at radius 2 is 1.43 bits per heavy atom. The molecule has 0 fully saturated rings. The summed E-state index contributed by atoms with van der Waals surface area (Å²) < 4.78 is 0. The lowest BCUT2D eigenvalue weighted by Gasteiger charge is -2.20. The molecule has 0 aromatic rings. The largest absolute Gasteiger partial charge is 0.385 e. The summed E-state index contributed by atoms with van der Waals surface area (Å²) in [6, 6.07) is 0. The molecule has 0 amide bonds. The van der Waals surface area contributed by atoms with Crippen molar-refractivity contribution < 1.29 is 20.4 Å². The van der Waals surface area contributed by atoms with Crippen LogP contribution >= 0.6 is 0 Å². The molecule has 0 saturated heterocycles. The van der Waals surface area contributed by atoms with Gasteiger partial charge in [0.1, 0.15) is 6.10 Å². The minimum atomic E-state index is -2.96. The van der Waals surface area contributed by atoms with Gasteiger partial charge in [-0.05, 0) is 19.4 Å². The summed E-state index contributed by atoms with van der Waals surface area (Å²) >= 11 is 0. The van der Waals surface area contributed by atoms with Gasteiger partial charge in [-0.25, -0.2) is 0 Å². The second-order valence-electron chi connectivity index (χ2n) is 3.55. The Labute approximate surface area is 84.2 Å². The summed E-state index contributed by atoms with van der Waals surface area (Å²) in [4.78, 5) is 0. The van der Waals surface area contributed by atoms with Crippen LogP contribution in [0.5, 0.6) is 0 Å². The molecule has 1 atom stereocenters. The van der Waals surface area contributed by atoms with E-state index in [1.54, 1.807) is 0 Å². The van der Waals surface area contributed by atoms with Crippen molar-refractivity contribution in [1.29, 1.82) is 0 Å². The summed E-state index contributed by atoms with van der Waals surface area (Å²) in [5, 5.41) is 34.7. The topological polar surface area (TPSA) is 107 Å². The van der Waals surface area contributed by atoms with E-state index in [4.69, 9.17) is 26.2 Å². The van der Waals surface area contributed by atoms with E-state index in [9.17, 15) is 0 Å². The minimum absolute atomic E-state index is 0.187. The van der Waals surface area contributed by atoms with Crippen LogP contribution in [0.3, 0.4) is 0 Å². The van der Waals surface area contributed by atoms with Crippen LogP contribution in [0.4, 0.5) is 0 Å². The lowest BCUT2D eigenvalue weighted by molar-refractivity contribution is -0.355. The molecule has 0 saturated carbocycles. The first kappa shape index (κ1) is 13.8. The molecule has 0 aromatic heterocycles. The third-order valence-corrected chi connectivity index (χ3v) is 2.13. The van der Waals surface area contributed by atoms with Crippen molar-refractivity contribution in [2.24, 2.45) is 5.73 Å². The molecule has 0 rings (SSSR count). The van der Waals surface area contributed by atoms with Crippen molar-refractivity contribution in [2.75, 3.05) is 6.54 Å². The highest BCUT2D eigenvalue weighted by molar-refractivity contribution is 4.62. The Balaban J connectivity index is 3.28. The van der Waals surface area contributed by atoms with Crippen molar-refractivity contribution in [3.8, 4) is 0 Å². The van der Waals surface area contributed by atoms with Gasteiger partial charge in [-0.15, -0.1) is 0 Å². The van der Waals surface area contributed by atoms with E-state index in [-0.39, 0.29) is 6.42 Å². The Hall–Kier alpha value is -0.200. The number of aliphatic hydroxyl groups is 4. The van der Waals surface area contributed by atoms with Crippen LogP contribution in [-0.2, 0) is 0 Å². The van der Waals surface area contributed by atoms with Crippen molar-refractivity contribution in [2.45, 2.75) is 50.6 Å². The molecule has 5 heteroatoms. The molecule has 0 radical (unpaired) electrons. The lowest BCUT2D eigenvalue weighted by Crippen LogP contribution is -2.41. The van der Waals surface area contributed by atoms with E-state index in [1.165, 1.54) is 0 Å². The SMILES string of the molecule is NCCCCCCCC(O)C(O)(O)O. The maximum atomic E-state index is 9.02. The standard InChI is InChI=1S/C9H21NO4/c10-7-5-3-1-2-4-6-8(11)9(12,13)14/h8,11-14H,1-7,10H2. The fourth-order valence-corrected chi connectivity index (χ4v) is 1.21. The van der Waals surface area contributed by atoms with Crippen LogP contribution in [0.15, 0.2) is 0 Å². The lowest BCUT2D eigenvalue weighted by atomic mass is 10.1. The molecular weight excluding hydrogens is 186 g/mol. The molecule has 0 bridgehead atoms. The van der Waals surface area contributed by atoms with Crippen molar-refractivity contribution in [3.63, 3.8) is 0 Å². The summed E-state index contributed by atoms with van der Waals surface area (Å²) in [5.41, 5.74) is 5.31. The molecule has 6 N–H and O–H groups in total. The molecule has 0 aliphatic heterocycles.